The maximum atomic E-state index is 12.9. The first-order valence-electron chi connectivity index (χ1n) is 7.68. The zero-order chi connectivity index (χ0) is 15.5. The molecule has 0 atom stereocenters. The monoisotopic (exact) mass is 305 g/mol. The number of carbonyl (C=O) groups excluding carboxylic acids is 2. The highest BCUT2D eigenvalue weighted by Crippen LogP contribution is 2.19. The molecule has 0 bridgehead atoms. The van der Waals surface area contributed by atoms with Crippen LogP contribution < -0.4 is 5.32 Å². The van der Waals surface area contributed by atoms with Crippen LogP contribution in [0.15, 0.2) is 24.3 Å². The number of hydrogen-bond donors (Lipinski definition) is 1. The Morgan fingerprint density at radius 3 is 2.32 bits per heavy atom. The van der Waals surface area contributed by atoms with Crippen LogP contribution in [-0.2, 0) is 0 Å². The third-order valence-corrected chi connectivity index (χ3v) is 4.10. The van der Waals surface area contributed by atoms with Crippen molar-refractivity contribution in [2.75, 3.05) is 32.7 Å². The Labute approximate surface area is 129 Å². The van der Waals surface area contributed by atoms with Crippen molar-refractivity contribution in [3.63, 3.8) is 0 Å². The smallest absolute Gasteiger partial charge is 0.317 e. The van der Waals surface area contributed by atoms with Crippen LogP contribution in [0.25, 0.3) is 0 Å². The minimum absolute atomic E-state index is 0.00649. The van der Waals surface area contributed by atoms with Crippen LogP contribution >= 0.6 is 0 Å². The highest BCUT2D eigenvalue weighted by Gasteiger charge is 2.28. The molecule has 0 spiro atoms. The molecule has 2 fully saturated rings. The van der Waals surface area contributed by atoms with E-state index in [1.165, 1.54) is 24.3 Å². The molecule has 1 N–H and O–H groups in total. The summed E-state index contributed by atoms with van der Waals surface area (Å²) < 4.78 is 12.9. The lowest BCUT2D eigenvalue weighted by Crippen LogP contribution is -2.52. The van der Waals surface area contributed by atoms with Crippen molar-refractivity contribution in [3.8, 4) is 0 Å². The first-order valence-corrected chi connectivity index (χ1v) is 7.68. The van der Waals surface area contributed by atoms with Crippen molar-refractivity contribution < 1.29 is 14.0 Å². The molecule has 1 aliphatic heterocycles. The average Bonchev–Trinajstić information content (AvgIpc) is 3.32. The van der Waals surface area contributed by atoms with Crippen LogP contribution in [-0.4, -0.2) is 60.4 Å². The number of nitrogens with zero attached hydrogens (tertiary/aromatic N) is 2. The molecule has 22 heavy (non-hydrogen) atoms. The van der Waals surface area contributed by atoms with Crippen molar-refractivity contribution >= 4 is 11.8 Å². The zero-order valence-corrected chi connectivity index (χ0v) is 12.4. The molecule has 0 radical (unpaired) electrons. The number of nitrogens with one attached hydrogen (secondary N) is 1. The minimum Gasteiger partial charge on any atom is -0.335 e. The van der Waals surface area contributed by atoms with Gasteiger partial charge in [-0.1, -0.05) is 0 Å². The van der Waals surface area contributed by atoms with Gasteiger partial charge in [0.15, 0.2) is 5.78 Å². The quantitative estimate of drug-likeness (QED) is 0.858. The predicted octanol–water partition coefficient (Wildman–Crippen LogP) is 1.50. The van der Waals surface area contributed by atoms with Gasteiger partial charge in [-0.05, 0) is 37.1 Å². The van der Waals surface area contributed by atoms with Crippen LogP contribution in [0.3, 0.4) is 0 Å². The molecule has 0 unspecified atom stereocenters. The summed E-state index contributed by atoms with van der Waals surface area (Å²) in [4.78, 5) is 27.9. The molecule has 2 aliphatic rings. The fourth-order valence-electron chi connectivity index (χ4n) is 2.53. The van der Waals surface area contributed by atoms with E-state index in [9.17, 15) is 14.0 Å². The molecule has 118 valence electrons. The fourth-order valence-corrected chi connectivity index (χ4v) is 2.53. The Hall–Kier alpha value is -1.95. The summed E-state index contributed by atoms with van der Waals surface area (Å²) in [5, 5.41) is 2.98. The molecule has 1 aromatic carbocycles. The zero-order valence-electron chi connectivity index (χ0n) is 12.4. The molecule has 3 rings (SSSR count). The average molecular weight is 305 g/mol. The SMILES string of the molecule is O=C(CN1CCN(C(=O)NC2CC2)CC1)c1ccc(F)cc1. The van der Waals surface area contributed by atoms with Crippen LogP contribution in [0.5, 0.6) is 0 Å². The predicted molar refractivity (Wildman–Crippen MR) is 80.3 cm³/mol. The van der Waals surface area contributed by atoms with Gasteiger partial charge < -0.3 is 10.2 Å². The maximum Gasteiger partial charge on any atom is 0.317 e. The number of amides is 2. The molecule has 1 aliphatic carbocycles. The molecule has 6 heteroatoms. The van der Waals surface area contributed by atoms with Crippen molar-refractivity contribution in [1.82, 2.24) is 15.1 Å². The highest BCUT2D eigenvalue weighted by molar-refractivity contribution is 5.97. The van der Waals surface area contributed by atoms with Gasteiger partial charge in [0, 0.05) is 37.8 Å². The summed E-state index contributed by atoms with van der Waals surface area (Å²) in [7, 11) is 0. The molecule has 1 saturated heterocycles. The lowest BCUT2D eigenvalue weighted by Gasteiger charge is -2.34. The summed E-state index contributed by atoms with van der Waals surface area (Å²) in [5.74, 6) is -0.359. The molecule has 5 nitrogen and oxygen atoms in total. The van der Waals surface area contributed by atoms with E-state index in [4.69, 9.17) is 0 Å². The van der Waals surface area contributed by atoms with Crippen LogP contribution in [0, 0.1) is 5.82 Å². The van der Waals surface area contributed by atoms with Gasteiger partial charge in [-0.3, -0.25) is 9.69 Å². The van der Waals surface area contributed by atoms with Crippen molar-refractivity contribution in [1.29, 1.82) is 0 Å². The highest BCUT2D eigenvalue weighted by atomic mass is 19.1. The lowest BCUT2D eigenvalue weighted by molar-refractivity contribution is 0.0878. The first-order chi connectivity index (χ1) is 10.6. The minimum atomic E-state index is -0.341. The second-order valence-corrected chi connectivity index (χ2v) is 5.92. The van der Waals surface area contributed by atoms with Crippen molar-refractivity contribution in [2.24, 2.45) is 0 Å². The van der Waals surface area contributed by atoms with Gasteiger partial charge in [0.1, 0.15) is 5.82 Å². The number of hydrogen-bond acceptors (Lipinski definition) is 3. The van der Waals surface area contributed by atoms with E-state index >= 15 is 0 Å². The third-order valence-electron chi connectivity index (χ3n) is 4.10. The maximum absolute atomic E-state index is 12.9. The van der Waals surface area contributed by atoms with E-state index in [1.807, 2.05) is 4.90 Å². The number of rotatable bonds is 4. The number of urea groups is 1. The second-order valence-electron chi connectivity index (χ2n) is 5.92. The topological polar surface area (TPSA) is 52.7 Å². The summed E-state index contributed by atoms with van der Waals surface area (Å²) >= 11 is 0. The van der Waals surface area contributed by atoms with Crippen molar-refractivity contribution in [2.45, 2.75) is 18.9 Å². The Morgan fingerprint density at radius 2 is 1.73 bits per heavy atom. The Morgan fingerprint density at radius 1 is 1.09 bits per heavy atom. The third kappa shape index (κ3) is 3.82. The second kappa shape index (κ2) is 6.44. The van der Waals surface area contributed by atoms with E-state index in [0.29, 0.717) is 44.3 Å². The van der Waals surface area contributed by atoms with Gasteiger partial charge in [0.25, 0.3) is 0 Å². The van der Waals surface area contributed by atoms with Gasteiger partial charge in [0.05, 0.1) is 6.54 Å². The van der Waals surface area contributed by atoms with Gasteiger partial charge in [0.2, 0.25) is 0 Å². The molecule has 2 amide bonds. The molecule has 1 saturated carbocycles. The van der Waals surface area contributed by atoms with Gasteiger partial charge >= 0.3 is 6.03 Å². The summed E-state index contributed by atoms with van der Waals surface area (Å²) in [6.07, 6.45) is 2.16. The summed E-state index contributed by atoms with van der Waals surface area (Å²) in [6.45, 7) is 2.95. The lowest BCUT2D eigenvalue weighted by atomic mass is 10.1. The Balaban J connectivity index is 1.45. The van der Waals surface area contributed by atoms with E-state index < -0.39 is 0 Å². The molecule has 1 heterocycles. The fraction of sp³-hybridized carbons (Fsp3) is 0.500. The number of halogens is 1. The van der Waals surface area contributed by atoms with E-state index in [-0.39, 0.29) is 17.6 Å². The Bertz CT molecular complexity index is 549. The van der Waals surface area contributed by atoms with E-state index in [2.05, 4.69) is 5.32 Å². The molecule has 1 aromatic rings. The van der Waals surface area contributed by atoms with Crippen LogP contribution in [0.1, 0.15) is 23.2 Å². The normalized spacial score (nSPS) is 19.0. The number of Topliss-reactive ketones (excluding diaryl/α,β-unsaturated/α-hetero) is 1. The van der Waals surface area contributed by atoms with Crippen LogP contribution in [0.4, 0.5) is 9.18 Å². The van der Waals surface area contributed by atoms with Gasteiger partial charge in [-0.25, -0.2) is 9.18 Å². The largest absolute Gasteiger partial charge is 0.335 e. The first kappa shape index (κ1) is 15.0. The van der Waals surface area contributed by atoms with E-state index in [1.54, 1.807) is 4.90 Å². The number of benzene rings is 1. The number of piperazine rings is 1. The van der Waals surface area contributed by atoms with E-state index in [0.717, 1.165) is 12.8 Å². The van der Waals surface area contributed by atoms with Gasteiger partial charge in [-0.2, -0.15) is 0 Å². The summed E-state index contributed by atoms with van der Waals surface area (Å²) in [6, 6.07) is 5.99. The number of ketones is 1. The molecular formula is C16H20FN3O2. The standard InChI is InChI=1S/C16H20FN3O2/c17-13-3-1-12(2-4-13)15(21)11-19-7-9-20(10-8-19)16(22)18-14-5-6-14/h1-4,14H,5-11H2,(H,18,22). The van der Waals surface area contributed by atoms with Crippen molar-refractivity contribution in [3.05, 3.63) is 35.6 Å². The van der Waals surface area contributed by atoms with Crippen LogP contribution in [0.2, 0.25) is 0 Å². The summed E-state index contributed by atoms with van der Waals surface area (Å²) in [5.41, 5.74) is 0.523. The Kier molecular flexibility index (Phi) is 4.38. The molecule has 0 aromatic heterocycles. The van der Waals surface area contributed by atoms with Gasteiger partial charge in [-0.15, -0.1) is 0 Å². The number of carbonyl (C=O) groups is 2. The molecular weight excluding hydrogens is 285 g/mol.